The summed E-state index contributed by atoms with van der Waals surface area (Å²) in [6.45, 7) is 0. The van der Waals surface area contributed by atoms with Crippen molar-refractivity contribution in [3.05, 3.63) is 24.3 Å². The lowest BCUT2D eigenvalue weighted by Crippen LogP contribution is -2.59. The molecule has 5 N–H and O–H groups in total. The number of hydrogen-bond acceptors (Lipinski definition) is 8. The summed E-state index contributed by atoms with van der Waals surface area (Å²) in [7, 11) is -4.31. The highest BCUT2D eigenvalue weighted by atomic mass is 31.2. The van der Waals surface area contributed by atoms with Crippen LogP contribution in [0.1, 0.15) is 6.42 Å². The van der Waals surface area contributed by atoms with Crippen molar-refractivity contribution in [1.82, 2.24) is 4.98 Å². The molecule has 2 aromatic rings. The molecule has 0 bridgehead atoms. The summed E-state index contributed by atoms with van der Waals surface area (Å²) in [5.74, 6) is 0. The monoisotopic (exact) mass is 375 g/mol. The third kappa shape index (κ3) is 4.18. The van der Waals surface area contributed by atoms with Crippen LogP contribution >= 0.6 is 7.60 Å². The Labute approximate surface area is 141 Å². The summed E-state index contributed by atoms with van der Waals surface area (Å²) in [5.41, 5.74) is 0.961. The highest BCUT2D eigenvalue weighted by Crippen LogP contribution is 2.37. The Bertz CT molecular complexity index is 742. The van der Waals surface area contributed by atoms with Crippen molar-refractivity contribution in [2.24, 2.45) is 0 Å². The van der Waals surface area contributed by atoms with Gasteiger partial charge in [0.25, 0.3) is 0 Å². The van der Waals surface area contributed by atoms with E-state index in [2.05, 4.69) is 4.98 Å². The molecule has 25 heavy (non-hydrogen) atoms. The van der Waals surface area contributed by atoms with Gasteiger partial charge in [0, 0.05) is 0 Å². The van der Waals surface area contributed by atoms with Gasteiger partial charge >= 0.3 is 13.7 Å². The molecule has 0 aliphatic carbocycles. The number of fused-ring (bicyclic) bond motifs is 1. The zero-order valence-electron chi connectivity index (χ0n) is 12.9. The molecule has 1 unspecified atom stereocenters. The largest absolute Gasteiger partial charge is 0.417 e. The Morgan fingerprint density at radius 3 is 2.52 bits per heavy atom. The van der Waals surface area contributed by atoms with Crippen molar-refractivity contribution < 1.29 is 43.6 Å². The van der Waals surface area contributed by atoms with Gasteiger partial charge in [0.1, 0.15) is 23.8 Å². The second-order valence-corrected chi connectivity index (χ2v) is 7.53. The van der Waals surface area contributed by atoms with Gasteiger partial charge < -0.3 is 39.0 Å². The van der Waals surface area contributed by atoms with Gasteiger partial charge in [-0.15, -0.1) is 0 Å². The van der Waals surface area contributed by atoms with Crippen LogP contribution in [-0.4, -0.2) is 67.0 Å². The van der Waals surface area contributed by atoms with E-state index in [1.165, 1.54) is 0 Å². The molecular weight excluding hydrogens is 357 g/mol. The number of aliphatic hydroxyl groups excluding tert-OH is 3. The van der Waals surface area contributed by atoms with Crippen LogP contribution in [0, 0.1) is 0 Å². The maximum absolute atomic E-state index is 11.0. The van der Waals surface area contributed by atoms with E-state index in [4.69, 9.17) is 23.7 Å². The highest BCUT2D eigenvalue weighted by molar-refractivity contribution is 7.51. The van der Waals surface area contributed by atoms with Crippen molar-refractivity contribution in [3.8, 4) is 6.08 Å². The molecule has 138 valence electrons. The van der Waals surface area contributed by atoms with E-state index in [-0.39, 0.29) is 12.5 Å². The molecule has 1 fully saturated rings. The van der Waals surface area contributed by atoms with Gasteiger partial charge in [0.15, 0.2) is 5.58 Å². The van der Waals surface area contributed by atoms with Crippen LogP contribution in [-0.2, 0) is 9.30 Å². The first kappa shape index (κ1) is 18.3. The first-order chi connectivity index (χ1) is 11.7. The van der Waals surface area contributed by atoms with Crippen LogP contribution in [0.2, 0.25) is 0 Å². The van der Waals surface area contributed by atoms with Gasteiger partial charge in [-0.1, -0.05) is 12.1 Å². The van der Waals surface area contributed by atoms with Crippen molar-refractivity contribution in [1.29, 1.82) is 0 Å². The molecule has 10 nitrogen and oxygen atoms in total. The summed E-state index contributed by atoms with van der Waals surface area (Å²) in [5, 5.41) is 29.9. The summed E-state index contributed by atoms with van der Waals surface area (Å²) in [6.07, 6.45) is -8.29. The number of nitrogens with zero attached hydrogens (tertiary/aromatic N) is 1. The minimum absolute atomic E-state index is 0.206. The summed E-state index contributed by atoms with van der Waals surface area (Å²) in [6, 6.07) is 6.83. The fraction of sp³-hybridized carbons (Fsp3) is 0.500. The smallest absolute Gasteiger partial charge is 0.397 e. The van der Waals surface area contributed by atoms with Crippen LogP contribution in [0.4, 0.5) is 0 Å². The predicted molar refractivity (Wildman–Crippen MR) is 82.8 cm³/mol. The second kappa shape index (κ2) is 7.00. The third-order valence-corrected chi connectivity index (χ3v) is 4.71. The summed E-state index contributed by atoms with van der Waals surface area (Å²) in [4.78, 5) is 21.9. The molecule has 5 atom stereocenters. The maximum Gasteiger partial charge on any atom is 0.397 e. The van der Waals surface area contributed by atoms with Gasteiger partial charge in [0.05, 0.1) is 12.3 Å². The van der Waals surface area contributed by atoms with Crippen LogP contribution in [0.25, 0.3) is 11.1 Å². The van der Waals surface area contributed by atoms with Crippen LogP contribution < -0.4 is 4.74 Å². The molecule has 1 aromatic heterocycles. The van der Waals surface area contributed by atoms with E-state index < -0.39 is 44.5 Å². The van der Waals surface area contributed by atoms with E-state index >= 15 is 0 Å². The molecule has 2 heterocycles. The number of oxazole rings is 1. The minimum Gasteiger partial charge on any atom is -0.417 e. The molecule has 11 heteroatoms. The summed E-state index contributed by atoms with van der Waals surface area (Å²) >= 11 is 0. The number of aliphatic hydroxyl groups is 3. The zero-order chi connectivity index (χ0) is 18.2. The second-order valence-electron chi connectivity index (χ2n) is 5.76. The van der Waals surface area contributed by atoms with Gasteiger partial charge in [0.2, 0.25) is 6.29 Å². The standard InChI is InChI=1S/C14H18NO9P/c16-10-9(5-6-25(19,20)21)22-13(12(18)11(10)17)24-14-15-7-3-1-2-4-8(7)23-14/h1-4,9-13,16-18H,5-6H2,(H2,19,20,21)/t9-,10-,11+,12+,13?/m1/s1. The van der Waals surface area contributed by atoms with Crippen molar-refractivity contribution in [3.63, 3.8) is 0 Å². The van der Waals surface area contributed by atoms with E-state index in [0.717, 1.165) is 0 Å². The van der Waals surface area contributed by atoms with Crippen LogP contribution in [0.5, 0.6) is 6.08 Å². The number of benzene rings is 1. The number of para-hydroxylation sites is 2. The van der Waals surface area contributed by atoms with Crippen LogP contribution in [0.15, 0.2) is 28.7 Å². The topological polar surface area (TPSA) is 163 Å². The number of rotatable bonds is 5. The normalized spacial score (nSPS) is 30.5. The molecular formula is C14H18NO9P. The van der Waals surface area contributed by atoms with Gasteiger partial charge in [-0.2, -0.15) is 4.98 Å². The Hall–Kier alpha value is -1.52. The molecule has 3 rings (SSSR count). The Morgan fingerprint density at radius 1 is 1.12 bits per heavy atom. The van der Waals surface area contributed by atoms with E-state index in [1.54, 1.807) is 24.3 Å². The lowest BCUT2D eigenvalue weighted by atomic mass is 9.97. The van der Waals surface area contributed by atoms with Crippen LogP contribution in [0.3, 0.4) is 0 Å². The molecule has 0 amide bonds. The average molecular weight is 375 g/mol. The number of ether oxygens (including phenoxy) is 2. The summed E-state index contributed by atoms with van der Waals surface area (Å²) < 4.78 is 27.0. The first-order valence-corrected chi connectivity index (χ1v) is 9.31. The fourth-order valence-corrected chi connectivity index (χ4v) is 3.14. The Morgan fingerprint density at radius 2 is 1.84 bits per heavy atom. The van der Waals surface area contributed by atoms with E-state index in [9.17, 15) is 19.9 Å². The number of aromatic nitrogens is 1. The third-order valence-electron chi connectivity index (χ3n) is 3.86. The molecule has 0 spiro atoms. The maximum atomic E-state index is 11.0. The van der Waals surface area contributed by atoms with Gasteiger partial charge in [-0.05, 0) is 18.6 Å². The van der Waals surface area contributed by atoms with E-state index in [1.807, 2.05) is 0 Å². The van der Waals surface area contributed by atoms with Gasteiger partial charge in [-0.25, -0.2) is 0 Å². The lowest BCUT2D eigenvalue weighted by molar-refractivity contribution is -0.275. The zero-order valence-corrected chi connectivity index (χ0v) is 13.8. The molecule has 0 radical (unpaired) electrons. The number of hydrogen-bond donors (Lipinski definition) is 5. The predicted octanol–water partition coefficient (Wildman–Crippen LogP) is -0.418. The van der Waals surface area contributed by atoms with Crippen molar-refractivity contribution in [2.45, 2.75) is 37.1 Å². The SMILES string of the molecule is O=P(O)(O)CC[C@H]1OC(Oc2nc3ccccc3o2)[C@@H](O)[C@@H](O)[C@@H]1O. The fourth-order valence-electron chi connectivity index (χ4n) is 2.55. The van der Waals surface area contributed by atoms with Gasteiger partial charge in [-0.3, -0.25) is 4.57 Å². The van der Waals surface area contributed by atoms with Crippen molar-refractivity contribution >= 4 is 18.7 Å². The highest BCUT2D eigenvalue weighted by Gasteiger charge is 2.45. The van der Waals surface area contributed by atoms with E-state index in [0.29, 0.717) is 11.1 Å². The molecule has 1 aliphatic heterocycles. The molecule has 1 aliphatic rings. The first-order valence-electron chi connectivity index (χ1n) is 7.51. The molecule has 1 saturated heterocycles. The lowest BCUT2D eigenvalue weighted by Gasteiger charge is -2.39. The quantitative estimate of drug-likeness (QED) is 0.434. The molecule has 0 saturated carbocycles. The average Bonchev–Trinajstić information content (AvgIpc) is 2.95. The Balaban J connectivity index is 1.73. The minimum atomic E-state index is -4.31. The Kier molecular flexibility index (Phi) is 5.12. The van der Waals surface area contributed by atoms with Crippen molar-refractivity contribution in [2.75, 3.05) is 6.16 Å². The molecule has 1 aromatic carbocycles.